The van der Waals surface area contributed by atoms with Gasteiger partial charge in [0.2, 0.25) is 0 Å². The van der Waals surface area contributed by atoms with Gasteiger partial charge in [-0.2, -0.15) is 0 Å². The number of rotatable bonds is 4. The molecule has 1 atom stereocenters. The van der Waals surface area contributed by atoms with Crippen LogP contribution in [0.3, 0.4) is 0 Å². The molecule has 0 aliphatic rings. The highest BCUT2D eigenvalue weighted by atomic mass is 35.5. The summed E-state index contributed by atoms with van der Waals surface area (Å²) in [7, 11) is -3.54. The van der Waals surface area contributed by atoms with Crippen LogP contribution in [0.4, 0.5) is 0 Å². The lowest BCUT2D eigenvalue weighted by Gasteiger charge is -2.10. The Morgan fingerprint density at radius 2 is 2.18 bits per heavy atom. The van der Waals surface area contributed by atoms with Crippen molar-refractivity contribution in [2.45, 2.75) is 17.2 Å². The Hall–Kier alpha value is -0.820. The second kappa shape index (κ2) is 4.81. The Kier molecular flexibility index (Phi) is 3.58. The summed E-state index contributed by atoms with van der Waals surface area (Å²) in [5.41, 5.74) is 0. The van der Waals surface area contributed by atoms with Crippen molar-refractivity contribution in [3.8, 4) is 0 Å². The first-order valence-corrected chi connectivity index (χ1v) is 7.48. The molecule has 17 heavy (non-hydrogen) atoms. The van der Waals surface area contributed by atoms with Crippen LogP contribution in [0.2, 0.25) is 4.34 Å². The average molecular weight is 292 g/mol. The van der Waals surface area contributed by atoms with Gasteiger partial charge in [0.1, 0.15) is 9.97 Å². The summed E-state index contributed by atoms with van der Waals surface area (Å²) in [4.78, 5) is 0. The van der Waals surface area contributed by atoms with E-state index in [1.807, 2.05) is 0 Å². The van der Waals surface area contributed by atoms with Crippen LogP contribution in [0.15, 0.2) is 39.2 Å². The summed E-state index contributed by atoms with van der Waals surface area (Å²) in [6.45, 7) is 1.71. The van der Waals surface area contributed by atoms with Crippen molar-refractivity contribution < 1.29 is 12.8 Å². The van der Waals surface area contributed by atoms with Crippen LogP contribution in [0, 0.1) is 0 Å². The molecule has 0 spiro atoms. The van der Waals surface area contributed by atoms with E-state index < -0.39 is 16.1 Å². The number of hydrogen-bond acceptors (Lipinski definition) is 4. The SMILES string of the molecule is CC(NS(=O)(=O)c1ccc(Cl)s1)c1ccco1. The zero-order valence-electron chi connectivity index (χ0n) is 8.88. The number of sulfonamides is 1. The Balaban J connectivity index is 2.18. The molecule has 7 heteroatoms. The Bertz CT molecular complexity index is 589. The normalized spacial score (nSPS) is 13.8. The lowest BCUT2D eigenvalue weighted by atomic mass is 10.3. The predicted octanol–water partition coefficient (Wildman–Crippen LogP) is 3.03. The van der Waals surface area contributed by atoms with Gasteiger partial charge in [0.25, 0.3) is 10.0 Å². The van der Waals surface area contributed by atoms with E-state index in [0.29, 0.717) is 10.1 Å². The molecule has 0 radical (unpaired) electrons. The highest BCUT2D eigenvalue weighted by molar-refractivity contribution is 7.91. The first-order valence-electron chi connectivity index (χ1n) is 4.80. The van der Waals surface area contributed by atoms with Crippen molar-refractivity contribution in [1.82, 2.24) is 4.72 Å². The summed E-state index contributed by atoms with van der Waals surface area (Å²) >= 11 is 6.73. The molecule has 0 bridgehead atoms. The van der Waals surface area contributed by atoms with E-state index in [1.165, 1.54) is 12.3 Å². The quantitative estimate of drug-likeness (QED) is 0.942. The highest BCUT2D eigenvalue weighted by Gasteiger charge is 2.21. The van der Waals surface area contributed by atoms with Gasteiger partial charge >= 0.3 is 0 Å². The second-order valence-electron chi connectivity index (χ2n) is 3.42. The maximum Gasteiger partial charge on any atom is 0.250 e. The molecule has 1 unspecified atom stereocenters. The van der Waals surface area contributed by atoms with Crippen molar-refractivity contribution in [2.24, 2.45) is 0 Å². The summed E-state index contributed by atoms with van der Waals surface area (Å²) in [6.07, 6.45) is 1.50. The van der Waals surface area contributed by atoms with E-state index in [9.17, 15) is 8.42 Å². The number of nitrogens with one attached hydrogen (secondary N) is 1. The fourth-order valence-corrected chi connectivity index (χ4v) is 4.04. The minimum Gasteiger partial charge on any atom is -0.468 e. The third kappa shape index (κ3) is 2.90. The Morgan fingerprint density at radius 3 is 2.71 bits per heavy atom. The lowest BCUT2D eigenvalue weighted by Crippen LogP contribution is -2.25. The standard InChI is InChI=1S/C10H10ClNO3S2/c1-7(8-3-2-6-15-8)12-17(13,14)10-5-4-9(11)16-10/h2-7,12H,1H3. The van der Waals surface area contributed by atoms with Crippen LogP contribution in [0.1, 0.15) is 18.7 Å². The smallest absolute Gasteiger partial charge is 0.250 e. The molecular weight excluding hydrogens is 282 g/mol. The van der Waals surface area contributed by atoms with Crippen LogP contribution < -0.4 is 4.72 Å². The fraction of sp³-hybridized carbons (Fsp3) is 0.200. The summed E-state index contributed by atoms with van der Waals surface area (Å²) in [6, 6.07) is 6.04. The van der Waals surface area contributed by atoms with Crippen molar-refractivity contribution in [3.63, 3.8) is 0 Å². The molecule has 0 aliphatic heterocycles. The molecular formula is C10H10ClNO3S2. The van der Waals surface area contributed by atoms with E-state index in [-0.39, 0.29) is 4.21 Å². The molecule has 2 heterocycles. The molecule has 0 aromatic carbocycles. The largest absolute Gasteiger partial charge is 0.468 e. The minimum atomic E-state index is -3.54. The van der Waals surface area contributed by atoms with E-state index >= 15 is 0 Å². The Morgan fingerprint density at radius 1 is 1.41 bits per heavy atom. The van der Waals surface area contributed by atoms with Gasteiger partial charge in [0, 0.05) is 0 Å². The molecule has 2 aromatic heterocycles. The van der Waals surface area contributed by atoms with Crippen molar-refractivity contribution in [1.29, 1.82) is 0 Å². The van der Waals surface area contributed by atoms with Gasteiger partial charge in [-0.05, 0) is 31.2 Å². The van der Waals surface area contributed by atoms with Gasteiger partial charge in [0.05, 0.1) is 16.6 Å². The van der Waals surface area contributed by atoms with Gasteiger partial charge < -0.3 is 4.42 Å². The molecule has 4 nitrogen and oxygen atoms in total. The third-order valence-electron chi connectivity index (χ3n) is 2.12. The van der Waals surface area contributed by atoms with E-state index in [1.54, 1.807) is 25.1 Å². The topological polar surface area (TPSA) is 59.3 Å². The van der Waals surface area contributed by atoms with Crippen LogP contribution in [0.25, 0.3) is 0 Å². The molecule has 92 valence electrons. The first kappa shape index (κ1) is 12.6. The predicted molar refractivity (Wildman–Crippen MR) is 66.8 cm³/mol. The van der Waals surface area contributed by atoms with Crippen LogP contribution in [0.5, 0.6) is 0 Å². The molecule has 0 saturated heterocycles. The average Bonchev–Trinajstić information content (AvgIpc) is 2.86. The van der Waals surface area contributed by atoms with Gasteiger partial charge in [-0.1, -0.05) is 11.6 Å². The fourth-order valence-electron chi connectivity index (χ4n) is 1.33. The summed E-state index contributed by atoms with van der Waals surface area (Å²) < 4.78 is 32.2. The minimum absolute atomic E-state index is 0.195. The summed E-state index contributed by atoms with van der Waals surface area (Å²) in [5, 5.41) is 0. The number of hydrogen-bond donors (Lipinski definition) is 1. The zero-order chi connectivity index (χ0) is 12.5. The molecule has 2 aromatic rings. The second-order valence-corrected chi connectivity index (χ2v) is 7.07. The van der Waals surface area contributed by atoms with Gasteiger partial charge in [0.15, 0.2) is 0 Å². The van der Waals surface area contributed by atoms with Gasteiger partial charge in [-0.3, -0.25) is 0 Å². The van der Waals surface area contributed by atoms with E-state index in [0.717, 1.165) is 11.3 Å². The molecule has 1 N–H and O–H groups in total. The highest BCUT2D eigenvalue weighted by Crippen LogP contribution is 2.26. The summed E-state index contributed by atoms with van der Waals surface area (Å²) in [5.74, 6) is 0.566. The number of halogens is 1. The van der Waals surface area contributed by atoms with E-state index in [4.69, 9.17) is 16.0 Å². The first-order chi connectivity index (χ1) is 7.99. The van der Waals surface area contributed by atoms with Crippen molar-refractivity contribution >= 4 is 33.0 Å². The molecule has 0 saturated carbocycles. The van der Waals surface area contributed by atoms with Gasteiger partial charge in [-0.25, -0.2) is 13.1 Å². The Labute approximate surface area is 108 Å². The van der Waals surface area contributed by atoms with Crippen molar-refractivity contribution in [3.05, 3.63) is 40.6 Å². The molecule has 0 aliphatic carbocycles. The lowest BCUT2D eigenvalue weighted by molar-refractivity contribution is 0.459. The van der Waals surface area contributed by atoms with E-state index in [2.05, 4.69) is 4.72 Å². The van der Waals surface area contributed by atoms with Crippen LogP contribution in [-0.2, 0) is 10.0 Å². The monoisotopic (exact) mass is 291 g/mol. The molecule has 0 amide bonds. The van der Waals surface area contributed by atoms with Crippen LogP contribution in [-0.4, -0.2) is 8.42 Å². The third-order valence-corrected chi connectivity index (χ3v) is 5.38. The maximum absolute atomic E-state index is 12.0. The van der Waals surface area contributed by atoms with Gasteiger partial charge in [-0.15, -0.1) is 11.3 Å². The number of thiophene rings is 1. The maximum atomic E-state index is 12.0. The zero-order valence-corrected chi connectivity index (χ0v) is 11.3. The van der Waals surface area contributed by atoms with Crippen molar-refractivity contribution in [2.75, 3.05) is 0 Å². The molecule has 0 fully saturated rings. The number of furan rings is 1. The van der Waals surface area contributed by atoms with Crippen LogP contribution >= 0.6 is 22.9 Å². The molecule has 2 rings (SSSR count).